The molecule has 0 radical (unpaired) electrons. The number of rotatable bonds is 5. The van der Waals surface area contributed by atoms with E-state index in [2.05, 4.69) is 34.3 Å². The van der Waals surface area contributed by atoms with Crippen molar-refractivity contribution in [3.8, 4) is 5.75 Å². The van der Waals surface area contributed by atoms with E-state index in [1.54, 1.807) is 11.3 Å². The molecule has 2 nitrogen and oxygen atoms in total. The van der Waals surface area contributed by atoms with Gasteiger partial charge in [-0.15, -0.1) is 0 Å². The largest absolute Gasteiger partial charge is 0.491 e. The van der Waals surface area contributed by atoms with Crippen LogP contribution in [0.15, 0.2) is 41.1 Å². The van der Waals surface area contributed by atoms with Crippen molar-refractivity contribution in [2.75, 3.05) is 7.05 Å². The van der Waals surface area contributed by atoms with Crippen LogP contribution in [0.25, 0.3) is 0 Å². The highest BCUT2D eigenvalue weighted by molar-refractivity contribution is 7.08. The van der Waals surface area contributed by atoms with Crippen LogP contribution in [0.3, 0.4) is 0 Å². The average Bonchev–Trinajstić information content (AvgIpc) is 2.83. The fourth-order valence-corrected chi connectivity index (χ4v) is 2.69. The number of thiophene rings is 1. The van der Waals surface area contributed by atoms with Crippen LogP contribution in [-0.4, -0.2) is 13.2 Å². The maximum atomic E-state index is 5.74. The first-order valence-electron chi connectivity index (χ1n) is 6.16. The van der Waals surface area contributed by atoms with E-state index >= 15 is 0 Å². The fourth-order valence-electron chi connectivity index (χ4n) is 2.00. The zero-order valence-electron chi connectivity index (χ0n) is 11.0. The summed E-state index contributed by atoms with van der Waals surface area (Å²) in [6, 6.07) is 10.7. The van der Waals surface area contributed by atoms with E-state index in [1.165, 1.54) is 11.1 Å². The van der Waals surface area contributed by atoms with Crippen LogP contribution in [-0.2, 0) is 0 Å². The van der Waals surface area contributed by atoms with Gasteiger partial charge in [0, 0.05) is 0 Å². The van der Waals surface area contributed by atoms with Crippen molar-refractivity contribution >= 4 is 11.3 Å². The summed E-state index contributed by atoms with van der Waals surface area (Å²) in [6.45, 7) is 4.09. The summed E-state index contributed by atoms with van der Waals surface area (Å²) in [7, 11) is 1.98. The van der Waals surface area contributed by atoms with Gasteiger partial charge in [-0.05, 0) is 61.0 Å². The normalized spacial score (nSPS) is 12.7. The summed E-state index contributed by atoms with van der Waals surface area (Å²) >= 11 is 1.72. The standard InChI is InChI=1S/C15H19NOS/c1-11(2)17-14-6-4-5-12(9-14)15(16-3)13-7-8-18-10-13/h4-11,15-16H,1-3H3. The Morgan fingerprint density at radius 3 is 2.61 bits per heavy atom. The highest BCUT2D eigenvalue weighted by Gasteiger charge is 2.13. The second-order valence-electron chi connectivity index (χ2n) is 4.52. The van der Waals surface area contributed by atoms with Crippen molar-refractivity contribution in [3.05, 3.63) is 52.2 Å². The highest BCUT2D eigenvalue weighted by atomic mass is 32.1. The number of nitrogens with one attached hydrogen (secondary N) is 1. The molecule has 1 unspecified atom stereocenters. The zero-order chi connectivity index (χ0) is 13.0. The Hall–Kier alpha value is -1.32. The van der Waals surface area contributed by atoms with E-state index in [9.17, 15) is 0 Å². The minimum absolute atomic E-state index is 0.203. The summed E-state index contributed by atoms with van der Waals surface area (Å²) < 4.78 is 5.74. The van der Waals surface area contributed by atoms with Crippen LogP contribution in [0, 0.1) is 0 Å². The van der Waals surface area contributed by atoms with Crippen LogP contribution >= 0.6 is 11.3 Å². The quantitative estimate of drug-likeness (QED) is 0.883. The van der Waals surface area contributed by atoms with Gasteiger partial charge < -0.3 is 10.1 Å². The Kier molecular flexibility index (Phi) is 4.39. The van der Waals surface area contributed by atoms with Gasteiger partial charge in [0.1, 0.15) is 5.75 Å². The van der Waals surface area contributed by atoms with Gasteiger partial charge in [0.25, 0.3) is 0 Å². The third-order valence-electron chi connectivity index (χ3n) is 2.73. The van der Waals surface area contributed by atoms with E-state index in [4.69, 9.17) is 4.74 Å². The van der Waals surface area contributed by atoms with Crippen molar-refractivity contribution in [1.29, 1.82) is 0 Å². The monoisotopic (exact) mass is 261 g/mol. The van der Waals surface area contributed by atoms with Crippen LogP contribution in [0.5, 0.6) is 5.75 Å². The molecule has 3 heteroatoms. The van der Waals surface area contributed by atoms with E-state index in [1.807, 2.05) is 33.0 Å². The van der Waals surface area contributed by atoms with Crippen molar-refractivity contribution in [2.45, 2.75) is 26.0 Å². The van der Waals surface area contributed by atoms with E-state index in [0.29, 0.717) is 0 Å². The summed E-state index contributed by atoms with van der Waals surface area (Å²) in [5.74, 6) is 0.929. The first-order valence-corrected chi connectivity index (χ1v) is 7.11. The van der Waals surface area contributed by atoms with E-state index in [-0.39, 0.29) is 12.1 Å². The van der Waals surface area contributed by atoms with Gasteiger partial charge in [0.05, 0.1) is 12.1 Å². The molecule has 0 amide bonds. The lowest BCUT2D eigenvalue weighted by Crippen LogP contribution is -2.17. The number of hydrogen-bond donors (Lipinski definition) is 1. The lowest BCUT2D eigenvalue weighted by atomic mass is 10.0. The summed E-state index contributed by atoms with van der Waals surface area (Å²) in [5.41, 5.74) is 2.53. The molecule has 0 aliphatic carbocycles. The molecule has 1 aromatic heterocycles. The topological polar surface area (TPSA) is 21.3 Å². The Morgan fingerprint density at radius 2 is 2.00 bits per heavy atom. The first-order chi connectivity index (χ1) is 8.70. The molecule has 18 heavy (non-hydrogen) atoms. The van der Waals surface area contributed by atoms with Crippen LogP contribution in [0.2, 0.25) is 0 Å². The maximum absolute atomic E-state index is 5.74. The average molecular weight is 261 g/mol. The minimum atomic E-state index is 0.203. The van der Waals surface area contributed by atoms with E-state index in [0.717, 1.165) is 5.75 Å². The summed E-state index contributed by atoms with van der Waals surface area (Å²) in [5, 5.41) is 7.64. The SMILES string of the molecule is CNC(c1ccsc1)c1cccc(OC(C)C)c1. The molecule has 0 fully saturated rings. The molecule has 1 N–H and O–H groups in total. The fraction of sp³-hybridized carbons (Fsp3) is 0.333. The molecule has 0 aliphatic rings. The van der Waals surface area contributed by atoms with Crippen LogP contribution in [0.4, 0.5) is 0 Å². The van der Waals surface area contributed by atoms with Gasteiger partial charge in [-0.3, -0.25) is 0 Å². The van der Waals surface area contributed by atoms with Crippen molar-refractivity contribution < 1.29 is 4.74 Å². The molecule has 2 aromatic rings. The van der Waals surface area contributed by atoms with Crippen LogP contribution in [0.1, 0.15) is 31.0 Å². The second kappa shape index (κ2) is 6.03. The van der Waals surface area contributed by atoms with Gasteiger partial charge >= 0.3 is 0 Å². The van der Waals surface area contributed by atoms with Crippen molar-refractivity contribution in [3.63, 3.8) is 0 Å². The molecule has 0 aliphatic heterocycles. The molecule has 2 rings (SSSR count). The van der Waals surface area contributed by atoms with Crippen LogP contribution < -0.4 is 10.1 Å². The smallest absolute Gasteiger partial charge is 0.120 e. The minimum Gasteiger partial charge on any atom is -0.491 e. The molecular weight excluding hydrogens is 242 g/mol. The highest BCUT2D eigenvalue weighted by Crippen LogP contribution is 2.26. The lowest BCUT2D eigenvalue weighted by Gasteiger charge is -2.17. The molecule has 0 bridgehead atoms. The predicted octanol–water partition coefficient (Wildman–Crippen LogP) is 3.84. The lowest BCUT2D eigenvalue weighted by molar-refractivity contribution is 0.242. The summed E-state index contributed by atoms with van der Waals surface area (Å²) in [4.78, 5) is 0. The number of hydrogen-bond acceptors (Lipinski definition) is 3. The molecule has 0 saturated heterocycles. The van der Waals surface area contributed by atoms with Gasteiger partial charge in [-0.2, -0.15) is 11.3 Å². The Bertz CT molecular complexity index is 479. The molecule has 1 aromatic carbocycles. The number of ether oxygens (including phenoxy) is 1. The first kappa shape index (κ1) is 13.1. The molecular formula is C15H19NOS. The summed E-state index contributed by atoms with van der Waals surface area (Å²) in [6.07, 6.45) is 0.203. The van der Waals surface area contributed by atoms with Crippen molar-refractivity contribution in [1.82, 2.24) is 5.32 Å². The molecule has 1 atom stereocenters. The molecule has 0 saturated carbocycles. The third-order valence-corrected chi connectivity index (χ3v) is 3.43. The van der Waals surface area contributed by atoms with Gasteiger partial charge in [0.2, 0.25) is 0 Å². The Morgan fingerprint density at radius 1 is 1.17 bits per heavy atom. The van der Waals surface area contributed by atoms with Gasteiger partial charge in [-0.25, -0.2) is 0 Å². The number of benzene rings is 1. The van der Waals surface area contributed by atoms with Gasteiger partial charge in [-0.1, -0.05) is 12.1 Å². The molecule has 1 heterocycles. The zero-order valence-corrected chi connectivity index (χ0v) is 11.8. The third kappa shape index (κ3) is 3.12. The molecule has 96 valence electrons. The Balaban J connectivity index is 2.26. The molecule has 0 spiro atoms. The van der Waals surface area contributed by atoms with Crippen molar-refractivity contribution in [2.24, 2.45) is 0 Å². The predicted molar refractivity (Wildman–Crippen MR) is 77.4 cm³/mol. The Labute approximate surface area is 113 Å². The maximum Gasteiger partial charge on any atom is 0.120 e. The second-order valence-corrected chi connectivity index (χ2v) is 5.30. The van der Waals surface area contributed by atoms with E-state index < -0.39 is 0 Å². The van der Waals surface area contributed by atoms with Gasteiger partial charge in [0.15, 0.2) is 0 Å².